The number of rotatable bonds is 7. The minimum Gasteiger partial charge on any atom is -0.357 e. The van der Waals surface area contributed by atoms with Crippen molar-refractivity contribution < 1.29 is 9.59 Å². The number of benzene rings is 1. The maximum absolute atomic E-state index is 12.0. The van der Waals surface area contributed by atoms with Crippen molar-refractivity contribution in [1.82, 2.24) is 15.6 Å². The van der Waals surface area contributed by atoms with Gasteiger partial charge in [0.1, 0.15) is 5.82 Å². The number of carbonyl (C=O) groups is 2. The summed E-state index contributed by atoms with van der Waals surface area (Å²) in [6.07, 6.45) is 7.10. The molecule has 0 saturated carbocycles. The lowest BCUT2D eigenvalue weighted by Gasteiger charge is -2.21. The molecule has 2 amide bonds. The minimum absolute atomic E-state index is 0.0994. The molecule has 1 aliphatic heterocycles. The molecule has 154 valence electrons. The third kappa shape index (κ3) is 6.85. The van der Waals surface area contributed by atoms with E-state index in [1.807, 2.05) is 30.5 Å². The first-order valence-corrected chi connectivity index (χ1v) is 10.9. The molecule has 0 atom stereocenters. The Bertz CT molecular complexity index is 801. The van der Waals surface area contributed by atoms with Crippen molar-refractivity contribution in [1.29, 1.82) is 0 Å². The Balaban J connectivity index is 1.37. The van der Waals surface area contributed by atoms with Crippen LogP contribution in [0.15, 0.2) is 47.1 Å². The highest BCUT2D eigenvalue weighted by molar-refractivity contribution is 9.10. The number of nitrogens with zero attached hydrogens (tertiary/aromatic N) is 2. The van der Waals surface area contributed by atoms with Gasteiger partial charge in [-0.3, -0.25) is 9.59 Å². The van der Waals surface area contributed by atoms with Crippen molar-refractivity contribution in [2.24, 2.45) is 0 Å². The van der Waals surface area contributed by atoms with Crippen LogP contribution >= 0.6 is 15.9 Å². The zero-order chi connectivity index (χ0) is 20.5. The third-order valence-corrected chi connectivity index (χ3v) is 5.50. The van der Waals surface area contributed by atoms with E-state index in [0.717, 1.165) is 28.9 Å². The molecule has 0 bridgehead atoms. The Morgan fingerprint density at radius 2 is 1.69 bits per heavy atom. The van der Waals surface area contributed by atoms with Crippen molar-refractivity contribution in [3.05, 3.63) is 58.2 Å². The fourth-order valence-corrected chi connectivity index (χ4v) is 3.55. The molecule has 2 N–H and O–H groups in total. The number of anilines is 1. The van der Waals surface area contributed by atoms with Crippen molar-refractivity contribution >= 4 is 33.6 Å². The summed E-state index contributed by atoms with van der Waals surface area (Å²) in [6, 6.07) is 11.2. The molecule has 0 radical (unpaired) electrons. The maximum Gasteiger partial charge on any atom is 0.251 e. The van der Waals surface area contributed by atoms with Gasteiger partial charge in [0.15, 0.2) is 0 Å². The summed E-state index contributed by atoms with van der Waals surface area (Å²) in [5, 5.41) is 5.64. The first-order valence-electron chi connectivity index (χ1n) is 10.1. The summed E-state index contributed by atoms with van der Waals surface area (Å²) in [5.74, 6) is 0.730. The van der Waals surface area contributed by atoms with Crippen LogP contribution in [0.3, 0.4) is 0 Å². The van der Waals surface area contributed by atoms with E-state index < -0.39 is 0 Å². The van der Waals surface area contributed by atoms with Gasteiger partial charge in [-0.1, -0.05) is 34.8 Å². The van der Waals surface area contributed by atoms with Crippen LogP contribution < -0.4 is 15.5 Å². The van der Waals surface area contributed by atoms with Gasteiger partial charge in [-0.15, -0.1) is 0 Å². The topological polar surface area (TPSA) is 74.3 Å². The van der Waals surface area contributed by atoms with E-state index >= 15 is 0 Å². The van der Waals surface area contributed by atoms with Crippen LogP contribution in [-0.2, 0) is 11.3 Å². The van der Waals surface area contributed by atoms with Crippen LogP contribution in [0.2, 0.25) is 0 Å². The van der Waals surface area contributed by atoms with Crippen LogP contribution in [0.4, 0.5) is 5.82 Å². The van der Waals surface area contributed by atoms with E-state index in [4.69, 9.17) is 0 Å². The Kier molecular flexibility index (Phi) is 8.04. The standard InChI is InChI=1S/C22H27BrN4O2/c23-19-8-6-18(7-9-19)22(29)24-12-11-21(28)26-16-17-5-10-20(25-15-17)27-13-3-1-2-4-14-27/h5-10,15H,1-4,11-14,16H2,(H,24,29)(H,26,28). The van der Waals surface area contributed by atoms with Crippen LogP contribution in [-0.4, -0.2) is 36.4 Å². The smallest absolute Gasteiger partial charge is 0.251 e. The van der Waals surface area contributed by atoms with E-state index in [-0.39, 0.29) is 18.2 Å². The zero-order valence-corrected chi connectivity index (χ0v) is 18.1. The summed E-state index contributed by atoms with van der Waals surface area (Å²) < 4.78 is 0.919. The van der Waals surface area contributed by atoms with Crippen LogP contribution in [0.5, 0.6) is 0 Å². The highest BCUT2D eigenvalue weighted by Crippen LogP contribution is 2.17. The quantitative estimate of drug-likeness (QED) is 0.663. The SMILES string of the molecule is O=C(CCNC(=O)c1ccc(Br)cc1)NCc1ccc(N2CCCCCC2)nc1. The second-order valence-corrected chi connectivity index (χ2v) is 8.13. The van der Waals surface area contributed by atoms with Crippen molar-refractivity contribution in [2.75, 3.05) is 24.5 Å². The monoisotopic (exact) mass is 458 g/mol. The largest absolute Gasteiger partial charge is 0.357 e. The molecule has 1 saturated heterocycles. The van der Waals surface area contributed by atoms with Gasteiger partial charge < -0.3 is 15.5 Å². The van der Waals surface area contributed by atoms with Crippen LogP contribution in [0.1, 0.15) is 48.0 Å². The molecular formula is C22H27BrN4O2. The number of pyridine rings is 1. The number of aromatic nitrogens is 1. The lowest BCUT2D eigenvalue weighted by molar-refractivity contribution is -0.121. The van der Waals surface area contributed by atoms with Gasteiger partial charge in [-0.05, 0) is 48.7 Å². The van der Waals surface area contributed by atoms with E-state index in [2.05, 4.69) is 36.4 Å². The van der Waals surface area contributed by atoms with Crippen molar-refractivity contribution in [3.8, 4) is 0 Å². The van der Waals surface area contributed by atoms with Crippen LogP contribution in [0.25, 0.3) is 0 Å². The third-order valence-electron chi connectivity index (χ3n) is 4.97. The average Bonchev–Trinajstić information content (AvgIpc) is 3.03. The van der Waals surface area contributed by atoms with Gasteiger partial charge >= 0.3 is 0 Å². The number of hydrogen-bond acceptors (Lipinski definition) is 4. The molecule has 3 rings (SSSR count). The molecule has 29 heavy (non-hydrogen) atoms. The number of amides is 2. The van der Waals surface area contributed by atoms with Gasteiger partial charge in [0.2, 0.25) is 5.91 Å². The van der Waals surface area contributed by atoms with Gasteiger partial charge in [0.25, 0.3) is 5.91 Å². The molecule has 2 aromatic rings. The maximum atomic E-state index is 12.0. The first kappa shape index (κ1) is 21.3. The number of nitrogens with one attached hydrogen (secondary N) is 2. The minimum atomic E-state index is -0.182. The summed E-state index contributed by atoms with van der Waals surface area (Å²) in [4.78, 5) is 31.0. The number of carbonyl (C=O) groups excluding carboxylic acids is 2. The first-order chi connectivity index (χ1) is 14.1. The van der Waals surface area contributed by atoms with E-state index in [1.165, 1.54) is 25.7 Å². The molecule has 2 heterocycles. The Hall–Kier alpha value is -2.41. The molecule has 0 spiro atoms. The fraction of sp³-hybridized carbons (Fsp3) is 0.409. The Morgan fingerprint density at radius 3 is 2.34 bits per heavy atom. The highest BCUT2D eigenvalue weighted by atomic mass is 79.9. The summed E-state index contributed by atoms with van der Waals surface area (Å²) in [5.41, 5.74) is 1.54. The predicted molar refractivity (Wildman–Crippen MR) is 118 cm³/mol. The van der Waals surface area contributed by atoms with Gasteiger partial charge in [-0.2, -0.15) is 0 Å². The molecular weight excluding hydrogens is 432 g/mol. The second kappa shape index (κ2) is 11.0. The zero-order valence-electron chi connectivity index (χ0n) is 16.5. The molecule has 0 aliphatic carbocycles. The molecule has 1 fully saturated rings. The molecule has 7 heteroatoms. The normalized spacial score (nSPS) is 14.2. The van der Waals surface area contributed by atoms with E-state index in [1.54, 1.807) is 12.1 Å². The summed E-state index contributed by atoms with van der Waals surface area (Å²) in [6.45, 7) is 2.86. The van der Waals surface area contributed by atoms with Gasteiger partial charge in [0.05, 0.1) is 0 Å². The fourth-order valence-electron chi connectivity index (χ4n) is 3.29. The molecule has 1 aromatic heterocycles. The molecule has 1 aromatic carbocycles. The molecule has 6 nitrogen and oxygen atoms in total. The predicted octanol–water partition coefficient (Wildman–Crippen LogP) is 3.66. The Labute approximate surface area is 180 Å². The van der Waals surface area contributed by atoms with E-state index in [9.17, 15) is 9.59 Å². The van der Waals surface area contributed by atoms with Gasteiger partial charge in [-0.25, -0.2) is 4.98 Å². The molecule has 0 unspecified atom stereocenters. The number of halogens is 1. The van der Waals surface area contributed by atoms with Crippen molar-refractivity contribution in [3.63, 3.8) is 0 Å². The lowest BCUT2D eigenvalue weighted by atomic mass is 10.2. The average molecular weight is 459 g/mol. The van der Waals surface area contributed by atoms with Crippen LogP contribution in [0, 0.1) is 0 Å². The lowest BCUT2D eigenvalue weighted by Crippen LogP contribution is -2.30. The van der Waals surface area contributed by atoms with Crippen molar-refractivity contribution in [2.45, 2.75) is 38.6 Å². The second-order valence-electron chi connectivity index (χ2n) is 7.22. The molecule has 1 aliphatic rings. The van der Waals surface area contributed by atoms with Gasteiger partial charge in [0, 0.05) is 48.8 Å². The Morgan fingerprint density at radius 1 is 0.966 bits per heavy atom. The highest BCUT2D eigenvalue weighted by Gasteiger charge is 2.11. The summed E-state index contributed by atoms with van der Waals surface area (Å²) in [7, 11) is 0. The number of hydrogen-bond donors (Lipinski definition) is 2. The van der Waals surface area contributed by atoms with E-state index in [0.29, 0.717) is 18.7 Å². The summed E-state index contributed by atoms with van der Waals surface area (Å²) >= 11 is 3.34.